The maximum Gasteiger partial charge on any atom is 0.199 e. The summed E-state index contributed by atoms with van der Waals surface area (Å²) in [6.07, 6.45) is 5.26. The van der Waals surface area contributed by atoms with Crippen LogP contribution in [0.1, 0.15) is 39.5 Å². The fourth-order valence-corrected chi connectivity index (χ4v) is 1.73. The molecule has 104 valence electrons. The van der Waals surface area contributed by atoms with Crippen molar-refractivity contribution in [3.05, 3.63) is 30.3 Å². The molecular weight excluding hydrogens is 245 g/mol. The van der Waals surface area contributed by atoms with Crippen LogP contribution in [-0.4, -0.2) is 22.9 Å². The molecule has 0 saturated carbocycles. The highest BCUT2D eigenvalue weighted by atomic mass is 31.2. The topological polar surface area (TPSA) is 52.5 Å². The number of rotatable bonds is 7. The van der Waals surface area contributed by atoms with Gasteiger partial charge in [0.1, 0.15) is 0 Å². The zero-order valence-electron chi connectivity index (χ0n) is 11.5. The first-order valence-electron chi connectivity index (χ1n) is 6.66. The van der Waals surface area contributed by atoms with E-state index in [1.807, 2.05) is 6.07 Å². The molecule has 0 aliphatic heterocycles. The van der Waals surface area contributed by atoms with E-state index in [0.717, 1.165) is 0 Å². The van der Waals surface area contributed by atoms with Crippen LogP contribution in [0.5, 0.6) is 0 Å². The van der Waals surface area contributed by atoms with Gasteiger partial charge in [-0.3, -0.25) is 0 Å². The molecule has 0 aliphatic carbocycles. The van der Waals surface area contributed by atoms with Crippen LogP contribution in [0, 0.1) is 0 Å². The van der Waals surface area contributed by atoms with E-state index in [2.05, 4.69) is 19.2 Å². The van der Waals surface area contributed by atoms with E-state index < -0.39 is 8.38 Å². The van der Waals surface area contributed by atoms with Crippen LogP contribution < -0.4 is 10.6 Å². The molecular formula is C14H26NO2P. The van der Waals surface area contributed by atoms with Gasteiger partial charge in [-0.25, -0.2) is 0 Å². The van der Waals surface area contributed by atoms with Crippen molar-refractivity contribution in [1.29, 1.82) is 0 Å². The zero-order chi connectivity index (χ0) is 13.6. The van der Waals surface area contributed by atoms with Gasteiger partial charge in [0, 0.05) is 5.30 Å². The normalized spacial score (nSPS) is 10.1. The van der Waals surface area contributed by atoms with Gasteiger partial charge in [0.2, 0.25) is 0 Å². The Kier molecular flexibility index (Phi) is 12.6. The van der Waals surface area contributed by atoms with Gasteiger partial charge in [-0.2, -0.15) is 0 Å². The summed E-state index contributed by atoms with van der Waals surface area (Å²) in [6, 6.07) is 8.76. The first-order valence-corrected chi connectivity index (χ1v) is 7.90. The van der Waals surface area contributed by atoms with Gasteiger partial charge >= 0.3 is 0 Å². The van der Waals surface area contributed by atoms with Crippen molar-refractivity contribution in [3.63, 3.8) is 0 Å². The van der Waals surface area contributed by atoms with E-state index in [0.29, 0.717) is 5.30 Å². The second-order valence-electron chi connectivity index (χ2n) is 4.08. The van der Waals surface area contributed by atoms with E-state index in [9.17, 15) is 0 Å². The monoisotopic (exact) mass is 271 g/mol. The number of unbranched alkanes of at least 4 members (excludes halogenated alkanes) is 2. The van der Waals surface area contributed by atoms with Gasteiger partial charge in [-0.15, -0.1) is 0 Å². The first kappa shape index (κ1) is 17.5. The van der Waals surface area contributed by atoms with Crippen molar-refractivity contribution in [1.82, 2.24) is 5.32 Å². The third-order valence-corrected chi connectivity index (χ3v) is 3.16. The smallest absolute Gasteiger partial charge is 0.199 e. The summed E-state index contributed by atoms with van der Waals surface area (Å²) in [5.74, 6) is 0. The molecule has 0 aromatic heterocycles. The van der Waals surface area contributed by atoms with Crippen LogP contribution in [0.3, 0.4) is 0 Å². The van der Waals surface area contributed by atoms with Crippen LogP contribution in [0.2, 0.25) is 0 Å². The fraction of sp³-hybridized carbons (Fsp3) is 0.571. The van der Waals surface area contributed by atoms with Crippen molar-refractivity contribution in [2.75, 3.05) is 13.1 Å². The minimum absolute atomic E-state index is 0.590. The summed E-state index contributed by atoms with van der Waals surface area (Å²) >= 11 is 0. The molecule has 0 heterocycles. The van der Waals surface area contributed by atoms with E-state index in [1.165, 1.54) is 38.8 Å². The highest BCUT2D eigenvalue weighted by Crippen LogP contribution is 2.20. The van der Waals surface area contributed by atoms with E-state index in [4.69, 9.17) is 9.79 Å². The molecule has 0 saturated heterocycles. The van der Waals surface area contributed by atoms with E-state index in [1.54, 1.807) is 24.3 Å². The summed E-state index contributed by atoms with van der Waals surface area (Å²) in [6.45, 7) is 6.86. The summed E-state index contributed by atoms with van der Waals surface area (Å²) in [5, 5.41) is 3.98. The molecule has 18 heavy (non-hydrogen) atoms. The summed E-state index contributed by atoms with van der Waals surface area (Å²) in [7, 11) is -1.90. The predicted octanol–water partition coefficient (Wildman–Crippen LogP) is 2.78. The van der Waals surface area contributed by atoms with Gasteiger partial charge in [-0.1, -0.05) is 44.9 Å². The highest BCUT2D eigenvalue weighted by molar-refractivity contribution is 7.53. The second-order valence-corrected chi connectivity index (χ2v) is 5.18. The third kappa shape index (κ3) is 10.7. The van der Waals surface area contributed by atoms with Crippen LogP contribution in [0.4, 0.5) is 0 Å². The van der Waals surface area contributed by atoms with Gasteiger partial charge in [0.05, 0.1) is 0 Å². The Bertz CT molecular complexity index is 262. The largest absolute Gasteiger partial charge is 0.347 e. The summed E-state index contributed by atoms with van der Waals surface area (Å²) in [5.41, 5.74) is 0. The van der Waals surface area contributed by atoms with Gasteiger partial charge in [0.25, 0.3) is 0 Å². The minimum atomic E-state index is -1.90. The van der Waals surface area contributed by atoms with Crippen molar-refractivity contribution < 1.29 is 9.79 Å². The van der Waals surface area contributed by atoms with Gasteiger partial charge in [-0.05, 0) is 38.1 Å². The Balaban J connectivity index is 0.000000321. The molecule has 0 aliphatic rings. The Hall–Kier alpha value is -0.470. The van der Waals surface area contributed by atoms with Crippen molar-refractivity contribution >= 4 is 13.7 Å². The maximum atomic E-state index is 8.64. The fourth-order valence-electron chi connectivity index (χ4n) is 1.29. The number of nitrogens with one attached hydrogen (secondary N) is 1. The highest BCUT2D eigenvalue weighted by Gasteiger charge is 1.98. The molecule has 4 heteroatoms. The molecule has 0 amide bonds. The van der Waals surface area contributed by atoms with Crippen LogP contribution in [0.25, 0.3) is 0 Å². The SMILES string of the molecule is CCCCNCCCC.OP(O)c1ccccc1. The van der Waals surface area contributed by atoms with Crippen LogP contribution >= 0.6 is 8.38 Å². The zero-order valence-corrected chi connectivity index (χ0v) is 12.4. The molecule has 0 fully saturated rings. The van der Waals surface area contributed by atoms with Crippen LogP contribution in [-0.2, 0) is 0 Å². The van der Waals surface area contributed by atoms with Crippen molar-refractivity contribution in [2.45, 2.75) is 39.5 Å². The average molecular weight is 271 g/mol. The Morgan fingerprint density at radius 2 is 1.44 bits per heavy atom. The standard InChI is InChI=1S/C8H19N.C6H7O2P/c1-3-5-7-9-8-6-4-2;7-9(8)6-4-2-1-3-5-6/h9H,3-8H2,1-2H3;1-5,7-8H. The number of hydrogen-bond acceptors (Lipinski definition) is 3. The van der Waals surface area contributed by atoms with E-state index in [-0.39, 0.29) is 0 Å². The van der Waals surface area contributed by atoms with E-state index >= 15 is 0 Å². The first-order chi connectivity index (χ1) is 8.72. The quantitative estimate of drug-likeness (QED) is 0.528. The number of benzene rings is 1. The Morgan fingerprint density at radius 1 is 0.944 bits per heavy atom. The molecule has 3 N–H and O–H groups in total. The average Bonchev–Trinajstić information content (AvgIpc) is 2.40. The van der Waals surface area contributed by atoms with Crippen LogP contribution in [0.15, 0.2) is 30.3 Å². The molecule has 0 bridgehead atoms. The lowest BCUT2D eigenvalue weighted by Crippen LogP contribution is -2.15. The van der Waals surface area contributed by atoms with Crippen molar-refractivity contribution in [3.8, 4) is 0 Å². The maximum absolute atomic E-state index is 8.64. The molecule has 0 unspecified atom stereocenters. The lowest BCUT2D eigenvalue weighted by molar-refractivity contribution is 0.497. The third-order valence-electron chi connectivity index (χ3n) is 2.40. The molecule has 0 spiro atoms. The van der Waals surface area contributed by atoms with Crippen molar-refractivity contribution in [2.24, 2.45) is 0 Å². The summed E-state index contributed by atoms with van der Waals surface area (Å²) < 4.78 is 0. The molecule has 3 nitrogen and oxygen atoms in total. The second kappa shape index (κ2) is 13.0. The molecule has 1 aromatic carbocycles. The van der Waals surface area contributed by atoms with Gasteiger partial charge in [0.15, 0.2) is 8.38 Å². The predicted molar refractivity (Wildman–Crippen MR) is 80.1 cm³/mol. The molecule has 1 aromatic rings. The Labute approximate surface area is 112 Å². The van der Waals surface area contributed by atoms with Gasteiger partial charge < -0.3 is 15.1 Å². The molecule has 0 radical (unpaired) electrons. The Morgan fingerprint density at radius 3 is 1.78 bits per heavy atom. The lowest BCUT2D eigenvalue weighted by Gasteiger charge is -1.99. The molecule has 1 rings (SSSR count). The summed E-state index contributed by atoms with van der Waals surface area (Å²) in [4.78, 5) is 17.3. The minimum Gasteiger partial charge on any atom is -0.347 e. The number of hydrogen-bond donors (Lipinski definition) is 3. The molecule has 0 atom stereocenters. The lowest BCUT2D eigenvalue weighted by atomic mass is 10.3.